The van der Waals surface area contributed by atoms with Crippen molar-refractivity contribution in [2.45, 2.75) is 30.5 Å². The van der Waals surface area contributed by atoms with E-state index in [0.29, 0.717) is 11.0 Å². The summed E-state index contributed by atoms with van der Waals surface area (Å²) >= 11 is 0. The number of aromatic nitrogens is 3. The molecule has 0 saturated heterocycles. The summed E-state index contributed by atoms with van der Waals surface area (Å²) in [6.07, 6.45) is 5.79. The van der Waals surface area contributed by atoms with Crippen LogP contribution in [0.1, 0.15) is 25.3 Å². The fourth-order valence-electron chi connectivity index (χ4n) is 3.45. The lowest BCUT2D eigenvalue weighted by molar-refractivity contribution is 0.465. The summed E-state index contributed by atoms with van der Waals surface area (Å²) in [4.78, 5) is 20.3. The van der Waals surface area contributed by atoms with Gasteiger partial charge in [0.05, 0.1) is 0 Å². The minimum Gasteiger partial charge on any atom is -0.289 e. The van der Waals surface area contributed by atoms with Crippen molar-refractivity contribution < 1.29 is 8.42 Å². The largest absolute Gasteiger partial charge is 0.289 e. The van der Waals surface area contributed by atoms with Crippen LogP contribution in [0.4, 0.5) is 0 Å². The van der Waals surface area contributed by atoms with Gasteiger partial charge in [-0.05, 0) is 37.2 Å². The SMILES string of the molecule is CS(=O)(=O)c1ncc2ccc(=O)n(C3CC4CC4C3)c2n1. The fraction of sp³-hybridized carbons (Fsp3) is 0.500. The van der Waals surface area contributed by atoms with Crippen LogP contribution in [0, 0.1) is 11.8 Å². The minimum absolute atomic E-state index is 0.119. The highest BCUT2D eigenvalue weighted by Gasteiger charge is 2.46. The van der Waals surface area contributed by atoms with Crippen molar-refractivity contribution in [2.24, 2.45) is 11.8 Å². The predicted octanol–water partition coefficient (Wildman–Crippen LogP) is 1.17. The molecule has 0 spiro atoms. The second kappa shape index (κ2) is 4.13. The molecule has 2 aliphatic rings. The number of fused-ring (bicyclic) bond motifs is 2. The molecule has 2 atom stereocenters. The first-order valence-corrected chi connectivity index (χ1v) is 8.91. The van der Waals surface area contributed by atoms with Crippen molar-refractivity contribution in [3.63, 3.8) is 0 Å². The molecule has 2 fully saturated rings. The lowest BCUT2D eigenvalue weighted by Crippen LogP contribution is -2.25. The highest BCUT2D eigenvalue weighted by Crippen LogP contribution is 2.55. The third-order valence-electron chi connectivity index (χ3n) is 4.56. The maximum absolute atomic E-state index is 12.3. The molecule has 4 rings (SSSR count). The van der Waals surface area contributed by atoms with E-state index in [1.165, 1.54) is 18.7 Å². The molecule has 0 N–H and O–H groups in total. The molecule has 7 heteroatoms. The summed E-state index contributed by atoms with van der Waals surface area (Å²) in [6.45, 7) is 0. The van der Waals surface area contributed by atoms with Crippen LogP contribution in [0.15, 0.2) is 28.3 Å². The van der Waals surface area contributed by atoms with Gasteiger partial charge in [-0.15, -0.1) is 0 Å². The Bertz CT molecular complexity index is 893. The van der Waals surface area contributed by atoms with Crippen molar-refractivity contribution >= 4 is 20.9 Å². The van der Waals surface area contributed by atoms with Gasteiger partial charge in [-0.1, -0.05) is 0 Å². The summed E-state index contributed by atoms with van der Waals surface area (Å²) in [5.41, 5.74) is 0.316. The zero-order chi connectivity index (χ0) is 14.8. The van der Waals surface area contributed by atoms with Crippen LogP contribution >= 0.6 is 0 Å². The molecule has 6 nitrogen and oxygen atoms in total. The topological polar surface area (TPSA) is 81.9 Å². The Morgan fingerprint density at radius 3 is 2.57 bits per heavy atom. The van der Waals surface area contributed by atoms with Crippen LogP contribution in [-0.2, 0) is 9.84 Å². The number of pyridine rings is 1. The minimum atomic E-state index is -3.49. The standard InChI is InChI=1S/C14H15N3O3S/c1-21(19,20)14-15-7-8-2-3-12(18)17(13(8)16-14)11-5-9-4-10(9)6-11/h2-3,7,9-11H,4-6H2,1H3. The highest BCUT2D eigenvalue weighted by atomic mass is 32.2. The van der Waals surface area contributed by atoms with Crippen molar-refractivity contribution in [1.29, 1.82) is 0 Å². The van der Waals surface area contributed by atoms with Crippen LogP contribution < -0.4 is 5.56 Å². The molecule has 0 amide bonds. The molecule has 21 heavy (non-hydrogen) atoms. The average Bonchev–Trinajstić information content (AvgIpc) is 3.03. The third-order valence-corrected chi connectivity index (χ3v) is 5.42. The highest BCUT2D eigenvalue weighted by molar-refractivity contribution is 7.90. The van der Waals surface area contributed by atoms with Gasteiger partial charge < -0.3 is 0 Å². The van der Waals surface area contributed by atoms with Crippen LogP contribution in [-0.4, -0.2) is 29.2 Å². The monoisotopic (exact) mass is 305 g/mol. The number of rotatable bonds is 2. The number of hydrogen-bond donors (Lipinski definition) is 0. The van der Waals surface area contributed by atoms with Crippen molar-refractivity contribution in [3.8, 4) is 0 Å². The maximum atomic E-state index is 12.3. The number of sulfone groups is 1. The third kappa shape index (κ3) is 2.07. The summed E-state index contributed by atoms with van der Waals surface area (Å²) in [7, 11) is -3.49. The first-order valence-electron chi connectivity index (χ1n) is 7.02. The van der Waals surface area contributed by atoms with E-state index in [1.807, 2.05) is 0 Å². The van der Waals surface area contributed by atoms with E-state index < -0.39 is 9.84 Å². The molecule has 2 aromatic heterocycles. The lowest BCUT2D eigenvalue weighted by atomic mass is 10.1. The van der Waals surface area contributed by atoms with Gasteiger partial charge in [0, 0.05) is 29.9 Å². The first kappa shape index (κ1) is 12.9. The van der Waals surface area contributed by atoms with E-state index in [2.05, 4.69) is 9.97 Å². The molecule has 0 aromatic carbocycles. The van der Waals surface area contributed by atoms with Crippen molar-refractivity contribution in [3.05, 3.63) is 28.7 Å². The van der Waals surface area contributed by atoms with Gasteiger partial charge in [0.1, 0.15) is 5.65 Å². The molecule has 2 unspecified atom stereocenters. The van der Waals surface area contributed by atoms with E-state index in [0.717, 1.165) is 30.9 Å². The second-order valence-electron chi connectivity index (χ2n) is 6.13. The molecule has 0 radical (unpaired) electrons. The van der Waals surface area contributed by atoms with E-state index in [4.69, 9.17) is 0 Å². The quantitative estimate of drug-likeness (QED) is 0.778. The predicted molar refractivity (Wildman–Crippen MR) is 76.8 cm³/mol. The summed E-state index contributed by atoms with van der Waals surface area (Å²) in [6, 6.07) is 3.29. The second-order valence-corrected chi connectivity index (χ2v) is 8.04. The van der Waals surface area contributed by atoms with Gasteiger partial charge in [0.2, 0.25) is 15.0 Å². The Hall–Kier alpha value is -1.76. The summed E-state index contributed by atoms with van der Waals surface area (Å²) in [5, 5.41) is 0.472. The Labute approximate surface area is 121 Å². The van der Waals surface area contributed by atoms with Crippen LogP contribution in [0.2, 0.25) is 0 Å². The van der Waals surface area contributed by atoms with Crippen molar-refractivity contribution in [2.75, 3.05) is 6.26 Å². The van der Waals surface area contributed by atoms with Gasteiger partial charge in [0.15, 0.2) is 0 Å². The first-order chi connectivity index (χ1) is 9.93. The molecule has 0 aliphatic heterocycles. The molecule has 2 aliphatic carbocycles. The number of nitrogens with zero attached hydrogens (tertiary/aromatic N) is 3. The fourth-order valence-corrected chi connectivity index (χ4v) is 3.94. The molecule has 2 heterocycles. The van der Waals surface area contributed by atoms with E-state index in [9.17, 15) is 13.2 Å². The molecular formula is C14H15N3O3S. The summed E-state index contributed by atoms with van der Waals surface area (Å²) in [5.74, 6) is 1.46. The number of hydrogen-bond acceptors (Lipinski definition) is 5. The molecule has 110 valence electrons. The smallest absolute Gasteiger partial charge is 0.252 e. The molecule has 2 aromatic rings. The summed E-state index contributed by atoms with van der Waals surface area (Å²) < 4.78 is 24.9. The average molecular weight is 305 g/mol. The van der Waals surface area contributed by atoms with E-state index in [-0.39, 0.29) is 16.8 Å². The van der Waals surface area contributed by atoms with E-state index in [1.54, 1.807) is 10.6 Å². The zero-order valence-electron chi connectivity index (χ0n) is 11.6. The van der Waals surface area contributed by atoms with Gasteiger partial charge in [-0.2, -0.15) is 4.98 Å². The Kier molecular flexibility index (Phi) is 2.54. The Morgan fingerprint density at radius 2 is 1.90 bits per heavy atom. The Morgan fingerprint density at radius 1 is 1.19 bits per heavy atom. The van der Waals surface area contributed by atoms with Gasteiger partial charge in [-0.3, -0.25) is 9.36 Å². The maximum Gasteiger partial charge on any atom is 0.252 e. The van der Waals surface area contributed by atoms with Gasteiger partial charge in [-0.25, -0.2) is 13.4 Å². The van der Waals surface area contributed by atoms with Crippen molar-refractivity contribution in [1.82, 2.24) is 14.5 Å². The van der Waals surface area contributed by atoms with E-state index >= 15 is 0 Å². The molecule has 0 bridgehead atoms. The normalized spacial score (nSPS) is 27.8. The molecular weight excluding hydrogens is 290 g/mol. The van der Waals surface area contributed by atoms with Gasteiger partial charge in [0.25, 0.3) is 5.56 Å². The van der Waals surface area contributed by atoms with Crippen LogP contribution in [0.25, 0.3) is 11.0 Å². The van der Waals surface area contributed by atoms with Gasteiger partial charge >= 0.3 is 0 Å². The lowest BCUT2D eigenvalue weighted by Gasteiger charge is -2.17. The zero-order valence-corrected chi connectivity index (χ0v) is 12.4. The molecule has 2 saturated carbocycles. The van der Waals surface area contributed by atoms with Crippen LogP contribution in [0.3, 0.4) is 0 Å². The Balaban J connectivity index is 1.94. The van der Waals surface area contributed by atoms with Crippen LogP contribution in [0.5, 0.6) is 0 Å².